The summed E-state index contributed by atoms with van der Waals surface area (Å²) in [5.41, 5.74) is 6.21. The molecule has 0 unspecified atom stereocenters. The number of hydrogen-bond donors (Lipinski definition) is 2. The van der Waals surface area contributed by atoms with E-state index in [2.05, 4.69) is 21.6 Å². The molecule has 1 amide bonds. The average Bonchev–Trinajstić information content (AvgIpc) is 3.17. The Morgan fingerprint density at radius 3 is 2.75 bits per heavy atom. The topological polar surface area (TPSA) is 62.2 Å². The third-order valence-corrected chi connectivity index (χ3v) is 4.13. The number of para-hydroxylation sites is 2. The lowest BCUT2D eigenvalue weighted by atomic mass is 10.2. The summed E-state index contributed by atoms with van der Waals surface area (Å²) in [5.74, 6) is -0.232. The molecule has 4 rings (SSSR count). The highest BCUT2D eigenvalue weighted by molar-refractivity contribution is 6.07. The number of H-pyrrole nitrogens is 1. The van der Waals surface area contributed by atoms with Crippen LogP contribution in [-0.2, 0) is 7.05 Å². The first-order valence-electron chi connectivity index (χ1n) is 7.67. The summed E-state index contributed by atoms with van der Waals surface area (Å²) in [5, 5.41) is 6.10. The van der Waals surface area contributed by atoms with Gasteiger partial charge in [-0.05, 0) is 12.1 Å². The molecule has 0 saturated heterocycles. The molecule has 4 aromatic rings. The normalized spacial score (nSPS) is 11.5. The molecule has 5 heteroatoms. The molecule has 2 aromatic carbocycles. The zero-order valence-corrected chi connectivity index (χ0v) is 13.2. The average molecular weight is 316 g/mol. The number of aromatic nitrogens is 2. The van der Waals surface area contributed by atoms with E-state index in [4.69, 9.17) is 0 Å². The van der Waals surface area contributed by atoms with Crippen molar-refractivity contribution in [2.45, 2.75) is 0 Å². The van der Waals surface area contributed by atoms with Crippen molar-refractivity contribution in [3.8, 4) is 0 Å². The second-order valence-corrected chi connectivity index (χ2v) is 5.66. The number of carbonyl (C=O) groups excluding carboxylic acids is 1. The third-order valence-electron chi connectivity index (χ3n) is 4.13. The Kier molecular flexibility index (Phi) is 3.39. The van der Waals surface area contributed by atoms with Crippen LogP contribution in [0.25, 0.3) is 21.8 Å². The first kappa shape index (κ1) is 14.3. The SMILES string of the molecule is Cn1cc(/C=N\NC(=O)c2c[nH]c3ccccc23)c2ccccc21. The molecular formula is C19H16N4O. The first-order chi connectivity index (χ1) is 11.7. The van der Waals surface area contributed by atoms with Crippen LogP contribution in [0.3, 0.4) is 0 Å². The van der Waals surface area contributed by atoms with Crippen molar-refractivity contribution in [2.75, 3.05) is 0 Å². The summed E-state index contributed by atoms with van der Waals surface area (Å²) in [4.78, 5) is 15.4. The highest BCUT2D eigenvalue weighted by atomic mass is 16.2. The fourth-order valence-corrected chi connectivity index (χ4v) is 2.96. The molecule has 5 nitrogen and oxygen atoms in total. The van der Waals surface area contributed by atoms with E-state index in [-0.39, 0.29) is 5.91 Å². The highest BCUT2D eigenvalue weighted by Gasteiger charge is 2.10. The molecule has 2 aromatic heterocycles. The minimum absolute atomic E-state index is 0.232. The Morgan fingerprint density at radius 2 is 1.88 bits per heavy atom. The number of nitrogens with one attached hydrogen (secondary N) is 2. The fourth-order valence-electron chi connectivity index (χ4n) is 2.96. The number of nitrogens with zero attached hydrogens (tertiary/aromatic N) is 2. The van der Waals surface area contributed by atoms with Gasteiger partial charge in [-0.15, -0.1) is 0 Å². The van der Waals surface area contributed by atoms with Gasteiger partial charge >= 0.3 is 0 Å². The Labute approximate surface area is 138 Å². The lowest BCUT2D eigenvalue weighted by molar-refractivity contribution is 0.0957. The van der Waals surface area contributed by atoms with Crippen molar-refractivity contribution in [2.24, 2.45) is 12.1 Å². The van der Waals surface area contributed by atoms with Crippen LogP contribution >= 0.6 is 0 Å². The van der Waals surface area contributed by atoms with Crippen LogP contribution < -0.4 is 5.43 Å². The third kappa shape index (κ3) is 2.36. The van der Waals surface area contributed by atoms with Crippen molar-refractivity contribution in [1.29, 1.82) is 0 Å². The van der Waals surface area contributed by atoms with E-state index in [1.165, 1.54) is 0 Å². The van der Waals surface area contributed by atoms with Crippen LogP contribution in [0.1, 0.15) is 15.9 Å². The van der Waals surface area contributed by atoms with E-state index >= 15 is 0 Å². The van der Waals surface area contributed by atoms with Crippen molar-refractivity contribution in [3.63, 3.8) is 0 Å². The zero-order chi connectivity index (χ0) is 16.5. The maximum absolute atomic E-state index is 12.3. The van der Waals surface area contributed by atoms with Crippen LogP contribution in [0.2, 0.25) is 0 Å². The van der Waals surface area contributed by atoms with E-state index in [1.807, 2.05) is 60.3 Å². The fraction of sp³-hybridized carbons (Fsp3) is 0.0526. The number of fused-ring (bicyclic) bond motifs is 2. The van der Waals surface area contributed by atoms with Gasteiger partial charge in [0.05, 0.1) is 11.8 Å². The van der Waals surface area contributed by atoms with Crippen LogP contribution in [0.5, 0.6) is 0 Å². The minimum atomic E-state index is -0.232. The molecule has 0 atom stereocenters. The predicted molar refractivity (Wildman–Crippen MR) is 96.3 cm³/mol. The van der Waals surface area contributed by atoms with Crippen LogP contribution in [0.15, 0.2) is 66.0 Å². The van der Waals surface area contributed by atoms with Gasteiger partial charge in [-0.1, -0.05) is 36.4 Å². The van der Waals surface area contributed by atoms with E-state index in [1.54, 1.807) is 12.4 Å². The summed E-state index contributed by atoms with van der Waals surface area (Å²) in [6, 6.07) is 15.8. The van der Waals surface area contributed by atoms with E-state index in [9.17, 15) is 4.79 Å². The molecule has 0 aliphatic heterocycles. The van der Waals surface area contributed by atoms with Gasteiger partial charge in [0.15, 0.2) is 0 Å². The number of carbonyl (C=O) groups is 1. The monoisotopic (exact) mass is 316 g/mol. The molecule has 0 aliphatic carbocycles. The molecule has 118 valence electrons. The van der Waals surface area contributed by atoms with Crippen molar-refractivity contribution in [1.82, 2.24) is 15.0 Å². The molecule has 0 fully saturated rings. The summed E-state index contributed by atoms with van der Waals surface area (Å²) in [6.07, 6.45) is 5.37. The summed E-state index contributed by atoms with van der Waals surface area (Å²) >= 11 is 0. The molecule has 0 saturated carbocycles. The van der Waals surface area contributed by atoms with Crippen LogP contribution in [-0.4, -0.2) is 21.7 Å². The van der Waals surface area contributed by atoms with Gasteiger partial charge in [0, 0.05) is 46.8 Å². The number of benzene rings is 2. The summed E-state index contributed by atoms with van der Waals surface area (Å²) in [7, 11) is 1.99. The first-order valence-corrected chi connectivity index (χ1v) is 7.67. The highest BCUT2D eigenvalue weighted by Crippen LogP contribution is 2.19. The number of amides is 1. The number of rotatable bonds is 3. The standard InChI is InChI=1S/C19H16N4O/c1-23-12-13(14-6-3-5-9-18(14)23)10-21-22-19(24)16-11-20-17-8-4-2-7-15(16)17/h2-12,20H,1H3,(H,22,24)/b21-10-. The smallest absolute Gasteiger partial charge is 0.273 e. The second-order valence-electron chi connectivity index (χ2n) is 5.66. The van der Waals surface area contributed by atoms with Gasteiger partial charge in [0.1, 0.15) is 0 Å². The van der Waals surface area contributed by atoms with Gasteiger partial charge in [-0.2, -0.15) is 5.10 Å². The van der Waals surface area contributed by atoms with Gasteiger partial charge in [-0.3, -0.25) is 4.79 Å². The quantitative estimate of drug-likeness (QED) is 0.441. The maximum atomic E-state index is 12.3. The zero-order valence-electron chi connectivity index (χ0n) is 13.2. The van der Waals surface area contributed by atoms with Crippen molar-refractivity contribution in [3.05, 3.63) is 72.1 Å². The predicted octanol–water partition coefficient (Wildman–Crippen LogP) is 3.42. The van der Waals surface area contributed by atoms with E-state index in [0.717, 1.165) is 27.4 Å². The van der Waals surface area contributed by atoms with Crippen molar-refractivity contribution >= 4 is 33.9 Å². The lowest BCUT2D eigenvalue weighted by Gasteiger charge is -1.97. The molecule has 2 heterocycles. The Balaban J connectivity index is 1.57. The molecule has 0 bridgehead atoms. The maximum Gasteiger partial charge on any atom is 0.273 e. The lowest BCUT2D eigenvalue weighted by Crippen LogP contribution is -2.17. The van der Waals surface area contributed by atoms with Gasteiger partial charge in [-0.25, -0.2) is 5.43 Å². The Bertz CT molecular complexity index is 1070. The van der Waals surface area contributed by atoms with Crippen LogP contribution in [0, 0.1) is 0 Å². The summed E-state index contributed by atoms with van der Waals surface area (Å²) in [6.45, 7) is 0. The van der Waals surface area contributed by atoms with Gasteiger partial charge < -0.3 is 9.55 Å². The van der Waals surface area contributed by atoms with Gasteiger partial charge in [0.2, 0.25) is 0 Å². The Morgan fingerprint density at radius 1 is 1.12 bits per heavy atom. The van der Waals surface area contributed by atoms with Crippen molar-refractivity contribution < 1.29 is 4.79 Å². The second kappa shape index (κ2) is 5.70. The van der Waals surface area contributed by atoms with E-state index in [0.29, 0.717) is 5.56 Å². The number of aromatic amines is 1. The Hall–Kier alpha value is -3.34. The van der Waals surface area contributed by atoms with Crippen LogP contribution in [0.4, 0.5) is 0 Å². The molecule has 24 heavy (non-hydrogen) atoms. The largest absolute Gasteiger partial charge is 0.360 e. The number of hydrazone groups is 1. The summed E-state index contributed by atoms with van der Waals surface area (Å²) < 4.78 is 2.04. The number of aryl methyl sites for hydroxylation is 1. The van der Waals surface area contributed by atoms with Gasteiger partial charge in [0.25, 0.3) is 5.91 Å². The molecule has 2 N–H and O–H groups in total. The number of hydrogen-bond acceptors (Lipinski definition) is 2. The molecule has 0 radical (unpaired) electrons. The molecule has 0 spiro atoms. The molecule has 0 aliphatic rings. The minimum Gasteiger partial charge on any atom is -0.360 e. The molecular weight excluding hydrogens is 300 g/mol. The van der Waals surface area contributed by atoms with E-state index < -0.39 is 0 Å².